The van der Waals surface area contributed by atoms with Gasteiger partial charge in [0.25, 0.3) is 0 Å². The molecular weight excluding hydrogens is 218 g/mol. The number of rotatable bonds is 0. The summed E-state index contributed by atoms with van der Waals surface area (Å²) < 4.78 is 0. The zero-order chi connectivity index (χ0) is 12.0. The Kier molecular flexibility index (Phi) is 1.86. The number of carbonyl (C=O) groups excluding carboxylic acids is 2. The molecule has 0 bridgehead atoms. The summed E-state index contributed by atoms with van der Waals surface area (Å²) >= 11 is 0. The second-order valence-corrected chi connectivity index (χ2v) is 3.80. The number of carbonyl (C=O) groups is 2. The summed E-state index contributed by atoms with van der Waals surface area (Å²) in [5.41, 5.74) is 0. The van der Waals surface area contributed by atoms with E-state index in [9.17, 15) is 14.7 Å². The first-order valence-corrected chi connectivity index (χ1v) is 5.06. The first kappa shape index (κ1) is 9.72. The maximum absolute atomic E-state index is 11.3. The molecule has 0 aliphatic carbocycles. The SMILES string of the molecule is O=C1C=c2ccc3cccc(O)c3c2=NC1=O. The Labute approximate surface area is 95.5 Å². The predicted octanol–water partition coefficient (Wildman–Crippen LogP) is 0.0548. The van der Waals surface area contributed by atoms with Crippen molar-refractivity contribution in [3.05, 3.63) is 40.9 Å². The summed E-state index contributed by atoms with van der Waals surface area (Å²) in [6.07, 6.45) is 1.25. The third-order valence-electron chi connectivity index (χ3n) is 2.74. The molecular formula is C13H7NO3. The normalized spacial score (nSPS) is 14.1. The molecule has 2 aromatic carbocycles. The molecule has 4 heteroatoms. The fourth-order valence-corrected chi connectivity index (χ4v) is 1.95. The smallest absolute Gasteiger partial charge is 0.318 e. The van der Waals surface area contributed by atoms with Crippen molar-refractivity contribution in [2.45, 2.75) is 0 Å². The number of aromatic hydroxyl groups is 1. The van der Waals surface area contributed by atoms with Crippen LogP contribution in [0.3, 0.4) is 0 Å². The molecule has 1 aliphatic rings. The van der Waals surface area contributed by atoms with Crippen LogP contribution in [0.25, 0.3) is 16.8 Å². The molecule has 0 spiro atoms. The average Bonchev–Trinajstić information content (AvgIpc) is 2.31. The van der Waals surface area contributed by atoms with Crippen LogP contribution in [0, 0.1) is 0 Å². The Morgan fingerprint density at radius 3 is 2.71 bits per heavy atom. The van der Waals surface area contributed by atoms with Crippen molar-refractivity contribution >= 4 is 28.5 Å². The average molecular weight is 225 g/mol. The second-order valence-electron chi connectivity index (χ2n) is 3.80. The third kappa shape index (κ3) is 1.34. The van der Waals surface area contributed by atoms with Crippen LogP contribution in [-0.4, -0.2) is 16.8 Å². The van der Waals surface area contributed by atoms with Gasteiger partial charge in [0.15, 0.2) is 0 Å². The van der Waals surface area contributed by atoms with Crippen LogP contribution in [0.2, 0.25) is 0 Å². The molecule has 2 aromatic rings. The minimum atomic E-state index is -0.798. The highest BCUT2D eigenvalue weighted by Crippen LogP contribution is 2.19. The standard InChI is InChI=1S/C13H7NO3/c15-9-3-1-2-7-4-5-8-6-10(16)13(17)14-12(8)11(7)9/h1-6,15H. The first-order valence-electron chi connectivity index (χ1n) is 5.06. The van der Waals surface area contributed by atoms with Gasteiger partial charge in [-0.3, -0.25) is 9.59 Å². The summed E-state index contributed by atoms with van der Waals surface area (Å²) in [6.45, 7) is 0. The highest BCUT2D eigenvalue weighted by Gasteiger charge is 2.15. The molecule has 0 saturated heterocycles. The van der Waals surface area contributed by atoms with Gasteiger partial charge in [-0.2, -0.15) is 0 Å². The summed E-state index contributed by atoms with van der Waals surface area (Å²) in [4.78, 5) is 26.2. The molecule has 82 valence electrons. The van der Waals surface area contributed by atoms with E-state index in [4.69, 9.17) is 0 Å². The zero-order valence-electron chi connectivity index (χ0n) is 8.68. The lowest BCUT2D eigenvalue weighted by Crippen LogP contribution is -2.34. The van der Waals surface area contributed by atoms with Crippen LogP contribution in [0.4, 0.5) is 0 Å². The molecule has 0 unspecified atom stereocenters. The van der Waals surface area contributed by atoms with E-state index < -0.39 is 11.7 Å². The number of phenolic OH excluding ortho intramolecular Hbond substituents is 1. The summed E-state index contributed by atoms with van der Waals surface area (Å²) in [5, 5.41) is 12.0. The van der Waals surface area contributed by atoms with E-state index >= 15 is 0 Å². The van der Waals surface area contributed by atoms with Gasteiger partial charge >= 0.3 is 5.91 Å². The lowest BCUT2D eigenvalue weighted by molar-refractivity contribution is -0.132. The minimum Gasteiger partial charge on any atom is -0.507 e. The van der Waals surface area contributed by atoms with E-state index in [0.717, 1.165) is 5.39 Å². The molecule has 17 heavy (non-hydrogen) atoms. The van der Waals surface area contributed by atoms with Gasteiger partial charge in [0.1, 0.15) is 5.75 Å². The van der Waals surface area contributed by atoms with Gasteiger partial charge in [-0.15, -0.1) is 0 Å². The number of nitrogens with zero attached hydrogens (tertiary/aromatic N) is 1. The third-order valence-corrected chi connectivity index (χ3v) is 2.74. The molecule has 0 fully saturated rings. The van der Waals surface area contributed by atoms with E-state index in [0.29, 0.717) is 16.0 Å². The van der Waals surface area contributed by atoms with Gasteiger partial charge in [-0.1, -0.05) is 24.3 Å². The van der Waals surface area contributed by atoms with Crippen molar-refractivity contribution in [2.75, 3.05) is 0 Å². The van der Waals surface area contributed by atoms with Crippen LogP contribution >= 0.6 is 0 Å². The Hall–Kier alpha value is -2.49. The van der Waals surface area contributed by atoms with Crippen molar-refractivity contribution in [2.24, 2.45) is 4.99 Å². The molecule has 4 nitrogen and oxygen atoms in total. The van der Waals surface area contributed by atoms with Gasteiger partial charge in [0, 0.05) is 16.7 Å². The number of phenols is 1. The Morgan fingerprint density at radius 1 is 1.06 bits per heavy atom. The second kappa shape index (κ2) is 3.25. The lowest BCUT2D eigenvalue weighted by Gasteiger charge is -2.04. The number of amides is 1. The highest BCUT2D eigenvalue weighted by atomic mass is 16.3. The number of ketones is 1. The van der Waals surface area contributed by atoms with E-state index in [2.05, 4.69) is 4.99 Å². The fourth-order valence-electron chi connectivity index (χ4n) is 1.95. The number of fused-ring (bicyclic) bond motifs is 3. The molecule has 0 atom stereocenters. The molecule has 0 aromatic heterocycles. The molecule has 3 rings (SSSR count). The van der Waals surface area contributed by atoms with E-state index in [1.54, 1.807) is 18.2 Å². The molecule has 1 N–H and O–H groups in total. The van der Waals surface area contributed by atoms with Crippen molar-refractivity contribution in [1.29, 1.82) is 0 Å². The van der Waals surface area contributed by atoms with Crippen LogP contribution in [-0.2, 0) is 9.59 Å². The van der Waals surface area contributed by atoms with Crippen LogP contribution in [0.5, 0.6) is 5.75 Å². The molecule has 0 radical (unpaired) electrons. The van der Waals surface area contributed by atoms with Crippen LogP contribution in [0.1, 0.15) is 0 Å². The van der Waals surface area contributed by atoms with E-state index in [-0.39, 0.29) is 5.75 Å². The van der Waals surface area contributed by atoms with Gasteiger partial charge in [-0.05, 0) is 11.5 Å². The van der Waals surface area contributed by atoms with Gasteiger partial charge < -0.3 is 5.11 Å². The number of benzene rings is 2. The predicted molar refractivity (Wildman–Crippen MR) is 60.9 cm³/mol. The van der Waals surface area contributed by atoms with E-state index in [1.807, 2.05) is 6.07 Å². The van der Waals surface area contributed by atoms with Crippen molar-refractivity contribution in [3.63, 3.8) is 0 Å². The first-order chi connectivity index (χ1) is 8.16. The maximum Gasteiger partial charge on any atom is 0.318 e. The van der Waals surface area contributed by atoms with Crippen molar-refractivity contribution in [1.82, 2.24) is 0 Å². The fraction of sp³-hybridized carbons (Fsp3) is 0. The zero-order valence-corrected chi connectivity index (χ0v) is 8.68. The van der Waals surface area contributed by atoms with E-state index in [1.165, 1.54) is 12.1 Å². The summed E-state index contributed by atoms with van der Waals surface area (Å²) in [7, 11) is 0. The van der Waals surface area contributed by atoms with Gasteiger partial charge in [-0.25, -0.2) is 4.99 Å². The molecule has 1 amide bonds. The number of Topliss-reactive ketones (excluding diaryl/α,β-unsaturated/α-hetero) is 1. The Morgan fingerprint density at radius 2 is 1.88 bits per heavy atom. The summed E-state index contributed by atoms with van der Waals surface area (Å²) in [6, 6.07) is 8.54. The Bertz CT molecular complexity index is 790. The molecule has 1 aliphatic heterocycles. The minimum absolute atomic E-state index is 0.0543. The monoisotopic (exact) mass is 225 g/mol. The van der Waals surface area contributed by atoms with Crippen molar-refractivity contribution in [3.8, 4) is 5.75 Å². The maximum atomic E-state index is 11.3. The van der Waals surface area contributed by atoms with Crippen LogP contribution in [0.15, 0.2) is 35.3 Å². The number of hydrogen-bond donors (Lipinski definition) is 1. The van der Waals surface area contributed by atoms with Gasteiger partial charge in [0.2, 0.25) is 5.78 Å². The van der Waals surface area contributed by atoms with Gasteiger partial charge in [0.05, 0.1) is 5.36 Å². The van der Waals surface area contributed by atoms with Crippen molar-refractivity contribution < 1.29 is 14.7 Å². The van der Waals surface area contributed by atoms with Crippen LogP contribution < -0.4 is 10.6 Å². The molecule has 0 saturated carbocycles. The summed E-state index contributed by atoms with van der Waals surface area (Å²) in [5.74, 6) is -1.38. The topological polar surface area (TPSA) is 66.7 Å². The largest absolute Gasteiger partial charge is 0.507 e. The number of hydrogen-bond acceptors (Lipinski definition) is 3. The Balaban J connectivity index is 2.62. The highest BCUT2D eigenvalue weighted by molar-refractivity contribution is 6.48. The lowest BCUT2D eigenvalue weighted by atomic mass is 10.1. The molecule has 1 heterocycles. The quantitative estimate of drug-likeness (QED) is 0.644.